The number of nitrogens with zero attached hydrogens (tertiary/aromatic N) is 1. The summed E-state index contributed by atoms with van der Waals surface area (Å²) in [6.07, 6.45) is 4.08. The minimum absolute atomic E-state index is 0.0243. The molecule has 29 heavy (non-hydrogen) atoms. The van der Waals surface area contributed by atoms with E-state index in [0.717, 1.165) is 30.4 Å². The molecule has 1 heterocycles. The number of benzene rings is 2. The number of rotatable bonds is 6. The van der Waals surface area contributed by atoms with Crippen LogP contribution in [0.4, 0.5) is 0 Å². The highest BCUT2D eigenvalue weighted by atomic mass is 16.7. The maximum absolute atomic E-state index is 11.7. The van der Waals surface area contributed by atoms with Gasteiger partial charge in [-0.25, -0.2) is 4.79 Å². The van der Waals surface area contributed by atoms with Crippen molar-refractivity contribution in [1.82, 2.24) is 5.06 Å². The molecule has 3 rings (SSSR count). The summed E-state index contributed by atoms with van der Waals surface area (Å²) in [4.78, 5) is 18.5. The van der Waals surface area contributed by atoms with Crippen LogP contribution in [0.25, 0.3) is 0 Å². The van der Waals surface area contributed by atoms with E-state index in [1.165, 1.54) is 13.5 Å². The van der Waals surface area contributed by atoms with Crippen molar-refractivity contribution in [2.75, 3.05) is 7.11 Å². The minimum atomic E-state index is -0.316. The molecule has 0 radical (unpaired) electrons. The van der Waals surface area contributed by atoms with Crippen molar-refractivity contribution in [3.05, 3.63) is 71.3 Å². The second-order valence-electron chi connectivity index (χ2n) is 9.17. The summed E-state index contributed by atoms with van der Waals surface area (Å²) in [5, 5.41) is 2.23. The molecule has 2 aromatic rings. The number of esters is 1. The van der Waals surface area contributed by atoms with Crippen LogP contribution in [0.5, 0.6) is 0 Å². The molecule has 1 atom stereocenters. The molecule has 4 nitrogen and oxygen atoms in total. The molecule has 1 aliphatic rings. The van der Waals surface area contributed by atoms with Crippen LogP contribution in [0.2, 0.25) is 0 Å². The number of carbonyl (C=O) groups excluding carboxylic acids is 1. The molecule has 0 aliphatic carbocycles. The monoisotopic (exact) mass is 395 g/mol. The molecule has 0 saturated carbocycles. The topological polar surface area (TPSA) is 38.8 Å². The Morgan fingerprint density at radius 2 is 1.55 bits per heavy atom. The highest BCUT2D eigenvalue weighted by molar-refractivity contribution is 5.89. The Kier molecular flexibility index (Phi) is 6.45. The molecule has 1 fully saturated rings. The molecule has 2 aromatic carbocycles. The SMILES string of the molecule is COC(=O)c1ccc(CC(ON2C(C)(C)CCCC2(C)C)c2ccccc2)cc1. The van der Waals surface area contributed by atoms with E-state index < -0.39 is 0 Å². The van der Waals surface area contributed by atoms with E-state index in [-0.39, 0.29) is 23.2 Å². The first-order chi connectivity index (χ1) is 13.7. The number of methoxy groups -OCH3 is 1. The van der Waals surface area contributed by atoms with Crippen LogP contribution in [0.15, 0.2) is 54.6 Å². The molecule has 0 N–H and O–H groups in total. The molecule has 1 saturated heterocycles. The lowest BCUT2D eigenvalue weighted by atomic mass is 9.82. The molecule has 0 spiro atoms. The third-order valence-electron chi connectivity index (χ3n) is 5.88. The van der Waals surface area contributed by atoms with E-state index in [9.17, 15) is 4.79 Å². The van der Waals surface area contributed by atoms with E-state index in [1.807, 2.05) is 30.3 Å². The van der Waals surface area contributed by atoms with Crippen molar-refractivity contribution in [2.24, 2.45) is 0 Å². The predicted octanol–water partition coefficient (Wildman–Crippen LogP) is 5.73. The zero-order chi connectivity index (χ0) is 21.1. The Morgan fingerprint density at radius 3 is 2.10 bits per heavy atom. The van der Waals surface area contributed by atoms with Crippen LogP contribution in [-0.4, -0.2) is 29.2 Å². The highest BCUT2D eigenvalue weighted by Crippen LogP contribution is 2.41. The van der Waals surface area contributed by atoms with E-state index >= 15 is 0 Å². The number of ether oxygens (including phenoxy) is 1. The molecule has 0 amide bonds. The van der Waals surface area contributed by atoms with Gasteiger partial charge in [-0.15, -0.1) is 0 Å². The van der Waals surface area contributed by atoms with Crippen LogP contribution in [0.3, 0.4) is 0 Å². The molecule has 1 aliphatic heterocycles. The summed E-state index contributed by atoms with van der Waals surface area (Å²) in [6, 6.07) is 18.0. The summed E-state index contributed by atoms with van der Waals surface area (Å²) >= 11 is 0. The summed E-state index contributed by atoms with van der Waals surface area (Å²) in [7, 11) is 1.40. The van der Waals surface area contributed by atoms with E-state index in [0.29, 0.717) is 5.56 Å². The highest BCUT2D eigenvalue weighted by Gasteiger charge is 2.43. The largest absolute Gasteiger partial charge is 0.465 e. The third-order valence-corrected chi connectivity index (χ3v) is 5.88. The summed E-state index contributed by atoms with van der Waals surface area (Å²) in [5.41, 5.74) is 2.79. The second kappa shape index (κ2) is 8.68. The van der Waals surface area contributed by atoms with Crippen LogP contribution in [-0.2, 0) is 16.0 Å². The van der Waals surface area contributed by atoms with Crippen molar-refractivity contribution < 1.29 is 14.4 Å². The van der Waals surface area contributed by atoms with Gasteiger partial charge in [0.2, 0.25) is 0 Å². The van der Waals surface area contributed by atoms with Gasteiger partial charge >= 0.3 is 5.97 Å². The Labute approximate surface area is 174 Å². The van der Waals surface area contributed by atoms with Crippen LogP contribution in [0.1, 0.15) is 74.5 Å². The summed E-state index contributed by atoms with van der Waals surface area (Å²) in [5.74, 6) is -0.316. The zero-order valence-corrected chi connectivity index (χ0v) is 18.3. The van der Waals surface area contributed by atoms with Crippen LogP contribution in [0, 0.1) is 0 Å². The van der Waals surface area contributed by atoms with E-state index in [2.05, 4.69) is 57.0 Å². The summed E-state index contributed by atoms with van der Waals surface area (Å²) < 4.78 is 4.80. The lowest BCUT2D eigenvalue weighted by molar-refractivity contribution is -0.307. The van der Waals surface area contributed by atoms with Crippen molar-refractivity contribution in [2.45, 2.75) is 70.6 Å². The normalized spacial score (nSPS) is 19.5. The molecule has 156 valence electrons. The molecule has 4 heteroatoms. The Balaban J connectivity index is 1.87. The van der Waals surface area contributed by atoms with Gasteiger partial charge in [-0.3, -0.25) is 4.84 Å². The molecule has 1 unspecified atom stereocenters. The number of hydroxylamine groups is 2. The number of hydrogen-bond donors (Lipinski definition) is 0. The Bertz CT molecular complexity index is 796. The van der Waals surface area contributed by atoms with Gasteiger partial charge in [0.15, 0.2) is 0 Å². The van der Waals surface area contributed by atoms with Gasteiger partial charge < -0.3 is 4.74 Å². The maximum atomic E-state index is 11.7. The van der Waals surface area contributed by atoms with Crippen molar-refractivity contribution in [3.63, 3.8) is 0 Å². The number of carbonyl (C=O) groups is 1. The third kappa shape index (κ3) is 5.06. The maximum Gasteiger partial charge on any atom is 0.337 e. The van der Waals surface area contributed by atoms with Gasteiger partial charge in [0.1, 0.15) is 6.10 Å². The van der Waals surface area contributed by atoms with Gasteiger partial charge in [-0.05, 0) is 70.2 Å². The molecule has 0 bridgehead atoms. The van der Waals surface area contributed by atoms with Crippen LogP contribution >= 0.6 is 0 Å². The van der Waals surface area contributed by atoms with E-state index in [1.54, 1.807) is 0 Å². The first-order valence-corrected chi connectivity index (χ1v) is 10.4. The van der Waals surface area contributed by atoms with Gasteiger partial charge in [-0.1, -0.05) is 42.5 Å². The first-order valence-electron chi connectivity index (χ1n) is 10.4. The van der Waals surface area contributed by atoms with Crippen molar-refractivity contribution in [1.29, 1.82) is 0 Å². The predicted molar refractivity (Wildman–Crippen MR) is 116 cm³/mol. The quantitative estimate of drug-likeness (QED) is 0.585. The Morgan fingerprint density at radius 1 is 0.966 bits per heavy atom. The minimum Gasteiger partial charge on any atom is -0.465 e. The van der Waals surface area contributed by atoms with Gasteiger partial charge in [0, 0.05) is 17.5 Å². The van der Waals surface area contributed by atoms with E-state index in [4.69, 9.17) is 9.57 Å². The molecular weight excluding hydrogens is 362 g/mol. The first kappa shape index (κ1) is 21.5. The average molecular weight is 396 g/mol. The second-order valence-corrected chi connectivity index (χ2v) is 9.17. The number of piperidine rings is 1. The summed E-state index contributed by atoms with van der Waals surface area (Å²) in [6.45, 7) is 9.06. The lowest BCUT2D eigenvalue weighted by Crippen LogP contribution is -2.58. The van der Waals surface area contributed by atoms with Crippen molar-refractivity contribution in [3.8, 4) is 0 Å². The molecule has 0 aromatic heterocycles. The zero-order valence-electron chi connectivity index (χ0n) is 18.3. The van der Waals surface area contributed by atoms with Gasteiger partial charge in [0.05, 0.1) is 12.7 Å². The molecular formula is C25H33NO3. The Hall–Kier alpha value is -2.17. The average Bonchev–Trinajstić information content (AvgIpc) is 2.70. The fourth-order valence-electron chi connectivity index (χ4n) is 4.38. The van der Waals surface area contributed by atoms with Gasteiger partial charge in [-0.2, -0.15) is 5.06 Å². The van der Waals surface area contributed by atoms with Crippen molar-refractivity contribution >= 4 is 5.97 Å². The van der Waals surface area contributed by atoms with Crippen LogP contribution < -0.4 is 0 Å². The fourth-order valence-corrected chi connectivity index (χ4v) is 4.38. The smallest absolute Gasteiger partial charge is 0.337 e. The standard InChI is InChI=1S/C25H33NO3/c1-24(2)16-9-17-25(3,4)26(24)29-22(20-10-7-6-8-11-20)18-19-12-14-21(15-13-19)23(27)28-5/h6-8,10-15,22H,9,16-18H2,1-5H3. The van der Waals surface area contributed by atoms with Gasteiger partial charge in [0.25, 0.3) is 0 Å². The fraction of sp³-hybridized carbons (Fsp3) is 0.480. The number of hydrogen-bond acceptors (Lipinski definition) is 4. The lowest BCUT2D eigenvalue weighted by Gasteiger charge is -2.52.